The molecule has 8 unspecified atom stereocenters. The van der Waals surface area contributed by atoms with Crippen LogP contribution in [-0.4, -0.2) is 36.3 Å². The summed E-state index contributed by atoms with van der Waals surface area (Å²) in [6.07, 6.45) is 15.9. The second-order valence-corrected chi connectivity index (χ2v) is 11.8. The van der Waals surface area contributed by atoms with E-state index in [9.17, 15) is 5.11 Å². The van der Waals surface area contributed by atoms with Crippen molar-refractivity contribution in [3.8, 4) is 0 Å². The molecule has 178 valence electrons. The summed E-state index contributed by atoms with van der Waals surface area (Å²) < 4.78 is 12.2. The number of hydrogen-bond donors (Lipinski definition) is 2. The molecular formula is C26H42N3O3+. The number of fused-ring (bicyclic) bond motifs is 5. The molecule has 6 heteroatoms. The van der Waals surface area contributed by atoms with Gasteiger partial charge in [-0.2, -0.15) is 0 Å². The van der Waals surface area contributed by atoms with E-state index in [1.54, 1.807) is 5.57 Å². The Balaban J connectivity index is 1.30. The highest BCUT2D eigenvalue weighted by atomic mass is 16.7. The van der Waals surface area contributed by atoms with Crippen LogP contribution in [0.2, 0.25) is 0 Å². The molecule has 6 nitrogen and oxygen atoms in total. The third kappa shape index (κ3) is 3.62. The smallest absolute Gasteiger partial charge is 0.214 e. The van der Waals surface area contributed by atoms with Crippen molar-refractivity contribution in [2.45, 2.75) is 109 Å². The molecule has 0 spiro atoms. The van der Waals surface area contributed by atoms with Crippen molar-refractivity contribution in [2.24, 2.45) is 33.7 Å². The lowest BCUT2D eigenvalue weighted by molar-refractivity contribution is -0.195. The van der Waals surface area contributed by atoms with Gasteiger partial charge >= 0.3 is 0 Å². The molecule has 0 radical (unpaired) electrons. The Morgan fingerprint density at radius 2 is 2.00 bits per heavy atom. The van der Waals surface area contributed by atoms with Gasteiger partial charge in [0.25, 0.3) is 0 Å². The number of hydrogen-bond acceptors (Lipinski definition) is 5. The molecule has 1 aliphatic heterocycles. The van der Waals surface area contributed by atoms with Gasteiger partial charge in [0.1, 0.15) is 17.2 Å². The highest BCUT2D eigenvalue weighted by Gasteiger charge is 2.63. The van der Waals surface area contributed by atoms with Crippen molar-refractivity contribution >= 4 is 0 Å². The SMILES string of the molecule is CC12CCC(OC3CCCCO3)CC1=CCC1C2CCC2(C)C1CCC2(O)CCN=[N+]=N. The summed E-state index contributed by atoms with van der Waals surface area (Å²) in [6.45, 7) is 6.18. The van der Waals surface area contributed by atoms with Crippen molar-refractivity contribution in [1.82, 2.24) is 4.91 Å². The number of aliphatic hydroxyl groups is 1. The first-order chi connectivity index (χ1) is 15.4. The number of rotatable bonds is 5. The third-order valence-electron chi connectivity index (χ3n) is 10.6. The highest BCUT2D eigenvalue weighted by molar-refractivity contribution is 5.26. The first-order valence-electron chi connectivity index (χ1n) is 13.1. The van der Waals surface area contributed by atoms with Crippen LogP contribution in [0.5, 0.6) is 0 Å². The Morgan fingerprint density at radius 3 is 2.78 bits per heavy atom. The van der Waals surface area contributed by atoms with E-state index in [-0.39, 0.29) is 17.1 Å². The Morgan fingerprint density at radius 1 is 1.16 bits per heavy atom. The van der Waals surface area contributed by atoms with Gasteiger partial charge in [0, 0.05) is 13.0 Å². The fraction of sp³-hybridized carbons (Fsp3) is 0.923. The topological polar surface area (TPSA) is 89.0 Å². The molecule has 5 aliphatic rings. The summed E-state index contributed by atoms with van der Waals surface area (Å²) in [5.41, 5.74) is 8.17. The standard InChI is InChI=1S/C26H42N3O3/c1-24-11-8-19(32-23-5-3-4-16-31-23)17-18(24)6-7-20-21(24)9-12-25(2)22(20)10-13-26(25,30)14-15-28-29-27/h6,19-23,27,30H,3-5,7-17H2,1-2H3/q+1. The molecule has 32 heavy (non-hydrogen) atoms. The van der Waals surface area contributed by atoms with Crippen LogP contribution in [0.3, 0.4) is 0 Å². The van der Waals surface area contributed by atoms with Crippen molar-refractivity contribution in [3.63, 3.8) is 0 Å². The van der Waals surface area contributed by atoms with Crippen LogP contribution >= 0.6 is 0 Å². The van der Waals surface area contributed by atoms with Gasteiger partial charge in [-0.05, 0) is 99.2 Å². The molecule has 0 aromatic carbocycles. The van der Waals surface area contributed by atoms with Gasteiger partial charge in [0.15, 0.2) is 6.29 Å². The Kier molecular flexibility index (Phi) is 6.11. The number of nitrogens with one attached hydrogen (secondary N) is 1. The fourth-order valence-electron chi connectivity index (χ4n) is 8.58. The van der Waals surface area contributed by atoms with Crippen LogP contribution in [0.25, 0.3) is 0 Å². The zero-order chi connectivity index (χ0) is 22.4. The summed E-state index contributed by atoms with van der Waals surface area (Å²) >= 11 is 0. The van der Waals surface area contributed by atoms with E-state index in [1.807, 2.05) is 0 Å². The lowest BCUT2D eigenvalue weighted by Gasteiger charge is -2.59. The first-order valence-corrected chi connectivity index (χ1v) is 13.1. The molecule has 1 heterocycles. The number of ether oxygens (including phenoxy) is 2. The molecule has 8 atom stereocenters. The maximum absolute atomic E-state index is 11.6. The maximum atomic E-state index is 11.6. The predicted octanol–water partition coefficient (Wildman–Crippen LogP) is 5.53. The van der Waals surface area contributed by atoms with E-state index in [2.05, 4.69) is 29.9 Å². The summed E-state index contributed by atoms with van der Waals surface area (Å²) in [5.74, 6) is 1.98. The summed E-state index contributed by atoms with van der Waals surface area (Å²) in [5, 5.41) is 15.5. The second-order valence-electron chi connectivity index (χ2n) is 11.8. The van der Waals surface area contributed by atoms with Crippen LogP contribution in [0.15, 0.2) is 16.8 Å². The average molecular weight is 445 g/mol. The van der Waals surface area contributed by atoms with Gasteiger partial charge in [0.05, 0.1) is 11.7 Å². The third-order valence-corrected chi connectivity index (χ3v) is 10.6. The van der Waals surface area contributed by atoms with Crippen LogP contribution < -0.4 is 4.91 Å². The minimum absolute atomic E-state index is 0.0104. The lowest BCUT2D eigenvalue weighted by Crippen LogP contribution is -2.55. The monoisotopic (exact) mass is 444 g/mol. The van der Waals surface area contributed by atoms with Gasteiger partial charge in [0.2, 0.25) is 4.91 Å². The Bertz CT molecular complexity index is 789. The fourth-order valence-corrected chi connectivity index (χ4v) is 8.58. The molecule has 3 saturated carbocycles. The first kappa shape index (κ1) is 22.7. The predicted molar refractivity (Wildman–Crippen MR) is 122 cm³/mol. The summed E-state index contributed by atoms with van der Waals surface area (Å²) in [4.78, 5) is 3.16. The van der Waals surface area contributed by atoms with E-state index >= 15 is 0 Å². The molecule has 4 fully saturated rings. The molecule has 0 aromatic heterocycles. The molecule has 1 saturated heterocycles. The number of nitrogens with zero attached hydrogens (tertiary/aromatic N) is 2. The van der Waals surface area contributed by atoms with E-state index in [0.717, 1.165) is 57.5 Å². The van der Waals surface area contributed by atoms with Crippen molar-refractivity contribution < 1.29 is 14.6 Å². The van der Waals surface area contributed by atoms with Crippen LogP contribution in [0.1, 0.15) is 90.9 Å². The summed E-state index contributed by atoms with van der Waals surface area (Å²) in [6, 6.07) is 0. The van der Waals surface area contributed by atoms with E-state index in [0.29, 0.717) is 30.9 Å². The van der Waals surface area contributed by atoms with E-state index in [4.69, 9.17) is 15.0 Å². The van der Waals surface area contributed by atoms with Gasteiger partial charge in [-0.1, -0.05) is 25.5 Å². The zero-order valence-corrected chi connectivity index (χ0v) is 20.0. The van der Waals surface area contributed by atoms with Crippen molar-refractivity contribution in [3.05, 3.63) is 11.6 Å². The van der Waals surface area contributed by atoms with Crippen LogP contribution in [0, 0.1) is 34.1 Å². The molecule has 2 N–H and O–H groups in total. The van der Waals surface area contributed by atoms with E-state index < -0.39 is 5.60 Å². The lowest BCUT2D eigenvalue weighted by atomic mass is 9.47. The zero-order valence-electron chi connectivity index (χ0n) is 20.0. The van der Waals surface area contributed by atoms with Crippen LogP contribution in [0.4, 0.5) is 0 Å². The largest absolute Gasteiger partial charge is 0.389 e. The number of allylic oxidation sites excluding steroid dienone is 1. The van der Waals surface area contributed by atoms with Gasteiger partial charge in [-0.15, -0.1) is 0 Å². The Hall–Kier alpha value is -1.07. The molecule has 0 bridgehead atoms. The minimum atomic E-state index is -0.660. The van der Waals surface area contributed by atoms with E-state index in [1.165, 1.54) is 25.7 Å². The van der Waals surface area contributed by atoms with Gasteiger partial charge < -0.3 is 14.6 Å². The quantitative estimate of drug-likeness (QED) is 0.332. The van der Waals surface area contributed by atoms with Gasteiger partial charge in [-0.3, -0.25) is 0 Å². The molecule has 0 aromatic rings. The molecule has 5 rings (SSSR count). The van der Waals surface area contributed by atoms with Crippen LogP contribution in [-0.2, 0) is 9.47 Å². The maximum Gasteiger partial charge on any atom is 0.214 e. The second kappa shape index (κ2) is 8.61. The molecular weight excluding hydrogens is 402 g/mol. The Labute approximate surface area is 192 Å². The molecule has 4 aliphatic carbocycles. The normalized spacial score (nSPS) is 48.1. The van der Waals surface area contributed by atoms with Gasteiger partial charge in [-0.25, -0.2) is 0 Å². The molecule has 0 amide bonds. The average Bonchev–Trinajstić information content (AvgIpc) is 3.06. The van der Waals surface area contributed by atoms with Crippen molar-refractivity contribution in [1.29, 1.82) is 5.53 Å². The minimum Gasteiger partial charge on any atom is -0.389 e. The van der Waals surface area contributed by atoms with Crippen molar-refractivity contribution in [2.75, 3.05) is 13.2 Å². The summed E-state index contributed by atoms with van der Waals surface area (Å²) in [7, 11) is 0. The highest BCUT2D eigenvalue weighted by Crippen LogP contribution is 2.67.